The van der Waals surface area contributed by atoms with Crippen LogP contribution >= 0.6 is 0 Å². The minimum Gasteiger partial charge on any atom is -0.462 e. The maximum Gasteiger partial charge on any atom is 0.306 e. The molecule has 0 aliphatic rings. The molecule has 6 heteroatoms. The molecule has 0 aromatic heterocycles. The number of carbonyl (C=O) groups excluding carboxylic acids is 3. The number of esters is 3. The second-order valence-corrected chi connectivity index (χ2v) is 22.0. The van der Waals surface area contributed by atoms with E-state index in [1.54, 1.807) is 0 Å². The van der Waals surface area contributed by atoms with Gasteiger partial charge < -0.3 is 14.2 Å². The molecule has 0 rings (SSSR count). The Bertz CT molecular complexity index is 1840. The van der Waals surface area contributed by atoms with E-state index in [2.05, 4.69) is 179 Å². The number of unbranched alkanes of at least 4 members (excludes halogenated alkanes) is 23. The number of allylic oxidation sites excluding steroid dienone is 26. The van der Waals surface area contributed by atoms with E-state index in [0.717, 1.165) is 173 Å². The van der Waals surface area contributed by atoms with Crippen molar-refractivity contribution in [1.82, 2.24) is 0 Å². The Labute approximate surface area is 511 Å². The molecule has 0 aliphatic carbocycles. The van der Waals surface area contributed by atoms with E-state index < -0.39 is 6.10 Å². The van der Waals surface area contributed by atoms with Gasteiger partial charge in [-0.25, -0.2) is 0 Å². The van der Waals surface area contributed by atoms with Gasteiger partial charge in [-0.15, -0.1) is 0 Å². The molecule has 0 aliphatic heterocycles. The fraction of sp³-hybridized carbons (Fsp3) is 0.623. The average molecular weight is 1150 g/mol. The van der Waals surface area contributed by atoms with Crippen LogP contribution in [-0.2, 0) is 28.6 Å². The molecule has 468 valence electrons. The Balaban J connectivity index is 4.36. The van der Waals surface area contributed by atoms with Gasteiger partial charge in [-0.05, 0) is 148 Å². The monoisotopic (exact) mass is 1140 g/mol. The van der Waals surface area contributed by atoms with Crippen molar-refractivity contribution in [2.24, 2.45) is 0 Å². The molecule has 0 heterocycles. The zero-order chi connectivity index (χ0) is 59.9. The van der Waals surface area contributed by atoms with Crippen molar-refractivity contribution in [2.45, 2.75) is 297 Å². The highest BCUT2D eigenvalue weighted by Gasteiger charge is 2.19. The Morgan fingerprint density at radius 2 is 0.482 bits per heavy atom. The summed E-state index contributed by atoms with van der Waals surface area (Å²) in [5.41, 5.74) is 0. The van der Waals surface area contributed by atoms with Gasteiger partial charge in [0, 0.05) is 19.3 Å². The second-order valence-electron chi connectivity index (χ2n) is 22.0. The van der Waals surface area contributed by atoms with Crippen LogP contribution in [0.3, 0.4) is 0 Å². The van der Waals surface area contributed by atoms with Gasteiger partial charge in [-0.3, -0.25) is 14.4 Å². The van der Waals surface area contributed by atoms with Gasteiger partial charge >= 0.3 is 17.9 Å². The molecule has 0 saturated heterocycles. The van der Waals surface area contributed by atoms with Crippen molar-refractivity contribution in [3.05, 3.63) is 158 Å². The highest BCUT2D eigenvalue weighted by molar-refractivity contribution is 5.71. The van der Waals surface area contributed by atoms with E-state index in [0.29, 0.717) is 19.3 Å². The van der Waals surface area contributed by atoms with Crippen LogP contribution in [-0.4, -0.2) is 37.2 Å². The van der Waals surface area contributed by atoms with Crippen LogP contribution in [0.15, 0.2) is 158 Å². The van der Waals surface area contributed by atoms with Crippen molar-refractivity contribution in [2.75, 3.05) is 13.2 Å². The van der Waals surface area contributed by atoms with E-state index in [1.165, 1.54) is 77.0 Å². The third-order valence-corrected chi connectivity index (χ3v) is 14.0. The van der Waals surface area contributed by atoms with Crippen LogP contribution in [0.25, 0.3) is 0 Å². The molecule has 0 bridgehead atoms. The third kappa shape index (κ3) is 67.7. The van der Waals surface area contributed by atoms with Crippen LogP contribution in [0.1, 0.15) is 290 Å². The van der Waals surface area contributed by atoms with Crippen LogP contribution in [0, 0.1) is 0 Å². The van der Waals surface area contributed by atoms with Crippen LogP contribution in [0.4, 0.5) is 0 Å². The summed E-state index contributed by atoms with van der Waals surface area (Å²) in [5, 5.41) is 0. The molecule has 1 unspecified atom stereocenters. The molecule has 83 heavy (non-hydrogen) atoms. The first kappa shape index (κ1) is 78.0. The summed E-state index contributed by atoms with van der Waals surface area (Å²) in [6.07, 6.45) is 101. The first-order valence-electron chi connectivity index (χ1n) is 34.0. The lowest BCUT2D eigenvalue weighted by Gasteiger charge is -2.18. The van der Waals surface area contributed by atoms with Gasteiger partial charge in [0.1, 0.15) is 13.2 Å². The molecule has 0 aromatic rings. The smallest absolute Gasteiger partial charge is 0.306 e. The summed E-state index contributed by atoms with van der Waals surface area (Å²) in [4.78, 5) is 38.3. The quantitative estimate of drug-likeness (QED) is 0.0261. The summed E-state index contributed by atoms with van der Waals surface area (Å²) < 4.78 is 16.9. The van der Waals surface area contributed by atoms with Crippen LogP contribution in [0.5, 0.6) is 0 Å². The zero-order valence-electron chi connectivity index (χ0n) is 53.7. The van der Waals surface area contributed by atoms with Gasteiger partial charge in [-0.2, -0.15) is 0 Å². The van der Waals surface area contributed by atoms with E-state index in [9.17, 15) is 14.4 Å². The highest BCUT2D eigenvalue weighted by Crippen LogP contribution is 2.14. The minimum absolute atomic E-state index is 0.101. The Morgan fingerprint density at radius 1 is 0.253 bits per heavy atom. The van der Waals surface area contributed by atoms with Gasteiger partial charge in [0.25, 0.3) is 0 Å². The van der Waals surface area contributed by atoms with Crippen molar-refractivity contribution in [3.8, 4) is 0 Å². The summed E-state index contributed by atoms with van der Waals surface area (Å²) in [7, 11) is 0. The summed E-state index contributed by atoms with van der Waals surface area (Å²) >= 11 is 0. The number of rotatable bonds is 60. The van der Waals surface area contributed by atoms with Crippen molar-refractivity contribution >= 4 is 17.9 Å². The fourth-order valence-corrected chi connectivity index (χ4v) is 8.89. The molecule has 0 amide bonds. The number of ether oxygens (including phenoxy) is 3. The number of hydrogen-bond acceptors (Lipinski definition) is 6. The Kier molecular flexibility index (Phi) is 65.4. The largest absolute Gasteiger partial charge is 0.462 e. The molecule has 0 saturated carbocycles. The van der Waals surface area contributed by atoms with E-state index in [-0.39, 0.29) is 31.1 Å². The lowest BCUT2D eigenvalue weighted by molar-refractivity contribution is -0.167. The van der Waals surface area contributed by atoms with Crippen molar-refractivity contribution in [1.29, 1.82) is 0 Å². The zero-order valence-corrected chi connectivity index (χ0v) is 53.7. The van der Waals surface area contributed by atoms with E-state index >= 15 is 0 Å². The molecule has 0 spiro atoms. The maximum absolute atomic E-state index is 12.9. The maximum atomic E-state index is 12.9. The Hall–Kier alpha value is -4.97. The molecule has 0 aromatic carbocycles. The molecule has 6 nitrogen and oxygen atoms in total. The second kappa shape index (κ2) is 69.5. The lowest BCUT2D eigenvalue weighted by Crippen LogP contribution is -2.30. The third-order valence-electron chi connectivity index (χ3n) is 14.0. The first-order valence-corrected chi connectivity index (χ1v) is 34.0. The average Bonchev–Trinajstić information content (AvgIpc) is 3.49. The van der Waals surface area contributed by atoms with Gasteiger partial charge in [-0.1, -0.05) is 281 Å². The molecule has 0 fully saturated rings. The summed E-state index contributed by atoms with van der Waals surface area (Å²) in [5.74, 6) is -0.948. The summed E-state index contributed by atoms with van der Waals surface area (Å²) in [6.45, 7) is 6.45. The number of hydrogen-bond donors (Lipinski definition) is 0. The molecule has 0 N–H and O–H groups in total. The van der Waals surface area contributed by atoms with E-state index in [1.807, 2.05) is 0 Å². The predicted octanol–water partition coefficient (Wildman–Crippen LogP) is 23.7. The molecular weight excluding hydrogens is 1020 g/mol. The number of carbonyl (C=O) groups is 3. The van der Waals surface area contributed by atoms with Gasteiger partial charge in [0.2, 0.25) is 0 Å². The van der Waals surface area contributed by atoms with Crippen molar-refractivity contribution < 1.29 is 28.6 Å². The van der Waals surface area contributed by atoms with Crippen LogP contribution in [0.2, 0.25) is 0 Å². The minimum atomic E-state index is -0.806. The van der Waals surface area contributed by atoms with Crippen molar-refractivity contribution in [3.63, 3.8) is 0 Å². The normalized spacial score (nSPS) is 13.1. The molecular formula is C77H124O6. The topological polar surface area (TPSA) is 78.9 Å². The predicted molar refractivity (Wildman–Crippen MR) is 362 cm³/mol. The highest BCUT2D eigenvalue weighted by atomic mass is 16.6. The fourth-order valence-electron chi connectivity index (χ4n) is 8.89. The molecule has 1 atom stereocenters. The first-order chi connectivity index (χ1) is 41.0. The van der Waals surface area contributed by atoms with E-state index in [4.69, 9.17) is 14.2 Å². The van der Waals surface area contributed by atoms with Crippen LogP contribution < -0.4 is 0 Å². The standard InChI is InChI=1S/C77H124O6/c1-4-7-10-13-16-19-22-25-28-30-31-32-33-34-35-36-37-38-39-40-41-42-43-44-45-46-47-48-50-52-55-58-61-64-67-70-76(79)82-73-74(72-81-75(78)69-66-63-60-57-54-51-27-24-21-18-15-12-9-6-3)83-77(80)71-68-65-62-59-56-53-49-29-26-23-20-17-14-11-8-5-2/h7,10,15-16,18-19,24-25,27-29,31-32,34-35,37-38,40-41,43-44,46-47,49-50,52,74H,4-6,8-9,11-14,17,20-23,26,30,33,36,39,42,45,48,51,53-73H2,1-3H3/b10-7-,18-15-,19-16-,27-24-,28-25-,32-31-,35-34-,38-37-,41-40-,44-43-,47-46-,49-29-,52-50-. The lowest BCUT2D eigenvalue weighted by atomic mass is 10.1. The summed E-state index contributed by atoms with van der Waals surface area (Å²) in [6, 6.07) is 0. The van der Waals surface area contributed by atoms with Gasteiger partial charge in [0.15, 0.2) is 6.10 Å². The SMILES string of the molecule is CC/C=C\C/C=C\C/C=C\C/C=C\C/C=C\C/C=C\C/C=C\C/C=C\C/C=C\C/C=C\CCCCCCC(=O)OCC(COC(=O)CCCCCCC/C=C\C/C=C\CCCC)OC(=O)CCCCCCC/C=C\CCCCCCCCC. The Morgan fingerprint density at radius 3 is 0.783 bits per heavy atom. The molecule has 0 radical (unpaired) electrons. The van der Waals surface area contributed by atoms with Gasteiger partial charge in [0.05, 0.1) is 0 Å².